The molecule has 0 bridgehead atoms. The maximum atomic E-state index is 11.8. The molecule has 1 aromatic rings. The number of carbonyl (C=O) groups excluding carboxylic acids is 1. The molecule has 17 heavy (non-hydrogen) atoms. The Morgan fingerprint density at radius 3 is 2.94 bits per heavy atom. The Bertz CT molecular complexity index is 423. The predicted molar refractivity (Wildman–Crippen MR) is 63.5 cm³/mol. The van der Waals surface area contributed by atoms with E-state index in [1.54, 1.807) is 5.38 Å². The van der Waals surface area contributed by atoms with Crippen molar-refractivity contribution in [2.45, 2.75) is 25.4 Å². The van der Waals surface area contributed by atoms with E-state index < -0.39 is 12.1 Å². The van der Waals surface area contributed by atoms with Gasteiger partial charge in [0, 0.05) is 6.61 Å². The summed E-state index contributed by atoms with van der Waals surface area (Å²) in [4.78, 5) is 22.7. The second-order valence-electron chi connectivity index (χ2n) is 3.81. The van der Waals surface area contributed by atoms with Crippen LogP contribution in [0.2, 0.25) is 0 Å². The van der Waals surface area contributed by atoms with Crippen molar-refractivity contribution < 1.29 is 19.4 Å². The van der Waals surface area contributed by atoms with Gasteiger partial charge in [-0.1, -0.05) is 0 Å². The van der Waals surface area contributed by atoms with Crippen LogP contribution >= 0.6 is 11.3 Å². The van der Waals surface area contributed by atoms with E-state index in [0.717, 1.165) is 12.8 Å². The van der Waals surface area contributed by atoms with Gasteiger partial charge in [0.15, 0.2) is 0 Å². The summed E-state index contributed by atoms with van der Waals surface area (Å²) in [6.07, 6.45) is 2.18. The Kier molecular flexibility index (Phi) is 3.75. The Morgan fingerprint density at radius 1 is 1.47 bits per heavy atom. The van der Waals surface area contributed by atoms with E-state index in [-0.39, 0.29) is 11.5 Å². The molecule has 0 aromatic carbocycles. The highest BCUT2D eigenvalue weighted by molar-refractivity contribution is 7.14. The molecule has 1 amide bonds. The van der Waals surface area contributed by atoms with Crippen molar-refractivity contribution in [2.24, 2.45) is 0 Å². The minimum atomic E-state index is -1.04. The molecule has 1 aliphatic rings. The van der Waals surface area contributed by atoms with Crippen LogP contribution in [0.25, 0.3) is 0 Å². The molecule has 0 radical (unpaired) electrons. The van der Waals surface area contributed by atoms with Crippen molar-refractivity contribution in [1.29, 1.82) is 0 Å². The molecular formula is C11H13NO4S. The van der Waals surface area contributed by atoms with Gasteiger partial charge in [-0.2, -0.15) is 0 Å². The van der Waals surface area contributed by atoms with E-state index in [0.29, 0.717) is 18.0 Å². The molecule has 1 fully saturated rings. The van der Waals surface area contributed by atoms with Crippen LogP contribution in [0.3, 0.4) is 0 Å². The molecular weight excluding hydrogens is 242 g/mol. The van der Waals surface area contributed by atoms with E-state index >= 15 is 0 Å². The van der Waals surface area contributed by atoms with Gasteiger partial charge in [-0.25, -0.2) is 4.79 Å². The summed E-state index contributed by atoms with van der Waals surface area (Å²) >= 11 is 1.20. The van der Waals surface area contributed by atoms with Crippen LogP contribution in [0, 0.1) is 0 Å². The van der Waals surface area contributed by atoms with Crippen molar-refractivity contribution in [3.63, 3.8) is 0 Å². The Hall–Kier alpha value is -1.40. The Morgan fingerprint density at radius 2 is 2.29 bits per heavy atom. The third-order valence-corrected chi connectivity index (χ3v) is 3.43. The molecule has 0 aliphatic carbocycles. The van der Waals surface area contributed by atoms with Crippen LogP contribution in [0.1, 0.15) is 29.6 Å². The SMILES string of the molecule is O=C(O)c1ccsc1NC(=O)C1CCCCO1. The molecule has 0 saturated carbocycles. The van der Waals surface area contributed by atoms with Gasteiger partial charge in [-0.3, -0.25) is 4.79 Å². The van der Waals surface area contributed by atoms with Crippen molar-refractivity contribution in [3.8, 4) is 0 Å². The van der Waals surface area contributed by atoms with E-state index in [1.807, 2.05) is 0 Å². The first-order valence-electron chi connectivity index (χ1n) is 5.41. The molecule has 2 N–H and O–H groups in total. The summed E-state index contributed by atoms with van der Waals surface area (Å²) in [7, 11) is 0. The Labute approximate surface area is 102 Å². The third-order valence-electron chi connectivity index (χ3n) is 2.60. The molecule has 1 unspecified atom stereocenters. The molecule has 1 saturated heterocycles. The molecule has 6 heteroatoms. The number of carboxylic acid groups (broad SMARTS) is 1. The smallest absolute Gasteiger partial charge is 0.338 e. The quantitative estimate of drug-likeness (QED) is 0.865. The summed E-state index contributed by atoms with van der Waals surface area (Å²) in [5.74, 6) is -1.29. The number of rotatable bonds is 3. The monoisotopic (exact) mass is 255 g/mol. The molecule has 0 spiro atoms. The van der Waals surface area contributed by atoms with Gasteiger partial charge in [0.2, 0.25) is 0 Å². The second-order valence-corrected chi connectivity index (χ2v) is 4.73. The molecule has 1 aliphatic heterocycles. The number of ether oxygens (including phenoxy) is 1. The minimum absolute atomic E-state index is 0.124. The number of amides is 1. The highest BCUT2D eigenvalue weighted by Gasteiger charge is 2.23. The van der Waals surface area contributed by atoms with Gasteiger partial charge in [0.25, 0.3) is 5.91 Å². The number of nitrogens with one attached hydrogen (secondary N) is 1. The van der Waals surface area contributed by atoms with Crippen LogP contribution in [0.15, 0.2) is 11.4 Å². The van der Waals surface area contributed by atoms with Crippen molar-refractivity contribution in [1.82, 2.24) is 0 Å². The summed E-state index contributed by atoms with van der Waals surface area (Å²) in [5.41, 5.74) is 0.124. The first kappa shape index (κ1) is 12.1. The van der Waals surface area contributed by atoms with E-state index in [2.05, 4.69) is 5.32 Å². The minimum Gasteiger partial charge on any atom is -0.478 e. The van der Waals surface area contributed by atoms with Crippen LogP contribution in [0.4, 0.5) is 5.00 Å². The second kappa shape index (κ2) is 5.29. The van der Waals surface area contributed by atoms with E-state index in [4.69, 9.17) is 9.84 Å². The lowest BCUT2D eigenvalue weighted by atomic mass is 10.1. The van der Waals surface area contributed by atoms with Gasteiger partial charge in [0.05, 0.1) is 5.56 Å². The number of hydrogen-bond donors (Lipinski definition) is 2. The van der Waals surface area contributed by atoms with E-state index in [9.17, 15) is 9.59 Å². The zero-order chi connectivity index (χ0) is 12.3. The predicted octanol–water partition coefficient (Wildman–Crippen LogP) is 1.95. The summed E-state index contributed by atoms with van der Waals surface area (Å²) in [6.45, 7) is 0.592. The van der Waals surface area contributed by atoms with E-state index in [1.165, 1.54) is 17.4 Å². The number of carboxylic acids is 1. The zero-order valence-corrected chi connectivity index (χ0v) is 9.96. The first-order chi connectivity index (χ1) is 8.18. The van der Waals surface area contributed by atoms with Crippen molar-refractivity contribution >= 4 is 28.2 Å². The molecule has 2 rings (SSSR count). The summed E-state index contributed by atoms with van der Waals surface area (Å²) in [5, 5.41) is 13.5. The summed E-state index contributed by atoms with van der Waals surface area (Å²) in [6, 6.07) is 1.48. The van der Waals surface area contributed by atoms with Gasteiger partial charge in [-0.05, 0) is 30.7 Å². The average molecular weight is 255 g/mol. The largest absolute Gasteiger partial charge is 0.478 e. The van der Waals surface area contributed by atoms with Crippen LogP contribution in [-0.4, -0.2) is 29.7 Å². The Balaban J connectivity index is 2.02. The van der Waals surface area contributed by atoms with Gasteiger partial charge in [-0.15, -0.1) is 11.3 Å². The van der Waals surface area contributed by atoms with Gasteiger partial charge >= 0.3 is 5.97 Å². The third kappa shape index (κ3) is 2.83. The highest BCUT2D eigenvalue weighted by Crippen LogP contribution is 2.24. The van der Waals surface area contributed by atoms with Crippen LogP contribution in [-0.2, 0) is 9.53 Å². The topological polar surface area (TPSA) is 75.6 Å². The standard InChI is InChI=1S/C11H13NO4S/c13-9(8-3-1-2-5-16-8)12-10-7(11(14)15)4-6-17-10/h4,6,8H,1-3,5H2,(H,12,13)(H,14,15). The maximum absolute atomic E-state index is 11.8. The average Bonchev–Trinajstić information content (AvgIpc) is 2.78. The molecule has 5 nitrogen and oxygen atoms in total. The van der Waals surface area contributed by atoms with Gasteiger partial charge < -0.3 is 15.2 Å². The summed E-state index contributed by atoms with van der Waals surface area (Å²) < 4.78 is 5.33. The molecule has 1 atom stereocenters. The van der Waals surface area contributed by atoms with Crippen LogP contribution in [0.5, 0.6) is 0 Å². The number of thiophene rings is 1. The lowest BCUT2D eigenvalue weighted by Gasteiger charge is -2.21. The molecule has 1 aromatic heterocycles. The van der Waals surface area contributed by atoms with Crippen molar-refractivity contribution in [2.75, 3.05) is 11.9 Å². The normalized spacial score (nSPS) is 19.9. The highest BCUT2D eigenvalue weighted by atomic mass is 32.1. The first-order valence-corrected chi connectivity index (χ1v) is 6.29. The number of hydrogen-bond acceptors (Lipinski definition) is 4. The number of aromatic carboxylic acids is 1. The fourth-order valence-corrected chi connectivity index (χ4v) is 2.50. The lowest BCUT2D eigenvalue weighted by Crippen LogP contribution is -2.33. The maximum Gasteiger partial charge on any atom is 0.338 e. The van der Waals surface area contributed by atoms with Crippen molar-refractivity contribution in [3.05, 3.63) is 17.0 Å². The lowest BCUT2D eigenvalue weighted by molar-refractivity contribution is -0.129. The number of carbonyl (C=O) groups is 2. The fraction of sp³-hybridized carbons (Fsp3) is 0.455. The van der Waals surface area contributed by atoms with Gasteiger partial charge in [0.1, 0.15) is 11.1 Å². The number of anilines is 1. The van der Waals surface area contributed by atoms with Crippen LogP contribution < -0.4 is 5.32 Å². The fourth-order valence-electron chi connectivity index (χ4n) is 1.71. The zero-order valence-electron chi connectivity index (χ0n) is 9.14. The molecule has 2 heterocycles. The molecule has 92 valence electrons.